The van der Waals surface area contributed by atoms with Gasteiger partial charge >= 0.3 is 0 Å². The van der Waals surface area contributed by atoms with Crippen LogP contribution in [-0.2, 0) is 17.1 Å². The number of hydrogen-bond acceptors (Lipinski definition) is 4. The van der Waals surface area contributed by atoms with E-state index in [2.05, 4.69) is 10.0 Å². The molecule has 1 aromatic heterocycles. The van der Waals surface area contributed by atoms with Gasteiger partial charge in [0.05, 0.1) is 0 Å². The van der Waals surface area contributed by atoms with Gasteiger partial charge in [0.2, 0.25) is 10.0 Å². The zero-order valence-electron chi connectivity index (χ0n) is 12.3. The van der Waals surface area contributed by atoms with Crippen molar-refractivity contribution in [2.45, 2.75) is 42.7 Å². The fraction of sp³-hybridized carbons (Fsp3) is 0.615. The molecule has 1 heterocycles. The van der Waals surface area contributed by atoms with Gasteiger partial charge in [-0.15, -0.1) is 0 Å². The second kappa shape index (κ2) is 6.17. The molecule has 0 aromatic carbocycles. The molecule has 0 aliphatic heterocycles. The molecule has 21 heavy (non-hydrogen) atoms. The predicted octanol–water partition coefficient (Wildman–Crippen LogP) is -0.0671. The third-order valence-corrected chi connectivity index (χ3v) is 5.33. The van der Waals surface area contributed by atoms with Crippen molar-refractivity contribution in [1.82, 2.24) is 14.6 Å². The van der Waals surface area contributed by atoms with E-state index in [0.29, 0.717) is 5.69 Å². The first-order chi connectivity index (χ1) is 9.83. The number of rotatable bonds is 4. The van der Waals surface area contributed by atoms with Crippen molar-refractivity contribution in [3.63, 3.8) is 0 Å². The third-order valence-electron chi connectivity index (χ3n) is 3.84. The predicted molar refractivity (Wildman–Crippen MR) is 79.4 cm³/mol. The second-order valence-electron chi connectivity index (χ2n) is 5.48. The number of nitrogens with one attached hydrogen (secondary N) is 2. The molecule has 0 spiro atoms. The molecule has 1 aliphatic rings. The van der Waals surface area contributed by atoms with Crippen LogP contribution in [0.15, 0.2) is 17.2 Å². The van der Waals surface area contributed by atoms with Crippen LogP contribution < -0.4 is 15.8 Å². The summed E-state index contributed by atoms with van der Waals surface area (Å²) in [4.78, 5) is 11.7. The highest BCUT2D eigenvalue weighted by atomic mass is 32.2. The molecular formula is C13H22N4O3S. The molecule has 1 aliphatic carbocycles. The number of carbonyl (C=O) groups excluding carboxylic acids is 1. The van der Waals surface area contributed by atoms with E-state index in [4.69, 9.17) is 5.73 Å². The van der Waals surface area contributed by atoms with Gasteiger partial charge in [0.15, 0.2) is 0 Å². The van der Waals surface area contributed by atoms with Crippen molar-refractivity contribution in [3.8, 4) is 0 Å². The average Bonchev–Trinajstić information content (AvgIpc) is 2.83. The summed E-state index contributed by atoms with van der Waals surface area (Å²) >= 11 is 0. The molecular weight excluding hydrogens is 292 g/mol. The Balaban J connectivity index is 2.14. The van der Waals surface area contributed by atoms with E-state index in [1.54, 1.807) is 7.05 Å². The zero-order chi connectivity index (χ0) is 15.6. The van der Waals surface area contributed by atoms with E-state index < -0.39 is 10.0 Å². The Morgan fingerprint density at radius 3 is 2.52 bits per heavy atom. The van der Waals surface area contributed by atoms with Crippen LogP contribution >= 0.6 is 0 Å². The minimum absolute atomic E-state index is 0.0848. The van der Waals surface area contributed by atoms with E-state index in [9.17, 15) is 13.2 Å². The summed E-state index contributed by atoms with van der Waals surface area (Å²) in [6.07, 6.45) is 4.59. The van der Waals surface area contributed by atoms with Crippen molar-refractivity contribution >= 4 is 15.9 Å². The van der Waals surface area contributed by atoms with Gasteiger partial charge in [-0.1, -0.05) is 0 Å². The van der Waals surface area contributed by atoms with E-state index in [1.807, 2.05) is 0 Å². The lowest BCUT2D eigenvalue weighted by Crippen LogP contribution is -2.40. The number of aromatic nitrogens is 1. The first-order valence-corrected chi connectivity index (χ1v) is 8.48. The summed E-state index contributed by atoms with van der Waals surface area (Å²) in [5.41, 5.74) is 6.13. The maximum atomic E-state index is 12.4. The van der Waals surface area contributed by atoms with Gasteiger partial charge in [0.1, 0.15) is 10.6 Å². The summed E-state index contributed by atoms with van der Waals surface area (Å²) in [5.74, 6) is -0.317. The monoisotopic (exact) mass is 314 g/mol. The van der Waals surface area contributed by atoms with Crippen molar-refractivity contribution in [2.75, 3.05) is 7.05 Å². The first-order valence-electron chi connectivity index (χ1n) is 7.00. The minimum Gasteiger partial charge on any atom is -0.354 e. The molecule has 2 rings (SSSR count). The number of nitrogens with two attached hydrogens (primary N) is 1. The molecule has 7 nitrogen and oxygen atoms in total. The highest BCUT2D eigenvalue weighted by Crippen LogP contribution is 2.20. The maximum absolute atomic E-state index is 12.4. The van der Waals surface area contributed by atoms with Crippen LogP contribution in [0.3, 0.4) is 0 Å². The quantitative estimate of drug-likeness (QED) is 0.723. The summed E-state index contributed by atoms with van der Waals surface area (Å²) < 4.78 is 28.9. The molecule has 1 saturated carbocycles. The molecule has 1 fully saturated rings. The number of sulfonamides is 1. The van der Waals surface area contributed by atoms with Crippen LogP contribution in [-0.4, -0.2) is 38.0 Å². The largest absolute Gasteiger partial charge is 0.354 e. The third kappa shape index (κ3) is 3.63. The number of aryl methyl sites for hydroxylation is 1. The number of hydrogen-bond donors (Lipinski definition) is 3. The Kier molecular flexibility index (Phi) is 4.70. The Morgan fingerprint density at radius 1 is 1.33 bits per heavy atom. The number of amides is 1. The Labute approximate surface area is 124 Å². The van der Waals surface area contributed by atoms with Crippen LogP contribution in [0.2, 0.25) is 0 Å². The summed E-state index contributed by atoms with van der Waals surface area (Å²) in [6, 6.07) is 1.47. The smallest absolute Gasteiger partial charge is 0.267 e. The van der Waals surface area contributed by atoms with Crippen molar-refractivity contribution in [1.29, 1.82) is 0 Å². The summed E-state index contributed by atoms with van der Waals surface area (Å²) in [7, 11) is -0.463. The summed E-state index contributed by atoms with van der Waals surface area (Å²) in [5, 5.41) is 2.48. The van der Waals surface area contributed by atoms with Gasteiger partial charge in [0.25, 0.3) is 5.91 Å². The van der Waals surface area contributed by atoms with E-state index in [1.165, 1.54) is 23.9 Å². The first kappa shape index (κ1) is 16.0. The molecule has 0 unspecified atom stereocenters. The zero-order valence-corrected chi connectivity index (χ0v) is 13.1. The van der Waals surface area contributed by atoms with Crippen LogP contribution in [0.1, 0.15) is 36.2 Å². The SMILES string of the molecule is CNC(=O)c1cc(S(=O)(=O)NC2CCC(N)CC2)cn1C. The minimum atomic E-state index is -3.61. The molecule has 8 heteroatoms. The highest BCUT2D eigenvalue weighted by Gasteiger charge is 2.26. The van der Waals surface area contributed by atoms with E-state index in [-0.39, 0.29) is 22.9 Å². The lowest BCUT2D eigenvalue weighted by Gasteiger charge is -2.26. The fourth-order valence-electron chi connectivity index (χ4n) is 2.56. The molecule has 1 amide bonds. The summed E-state index contributed by atoms with van der Waals surface area (Å²) in [6.45, 7) is 0. The molecule has 0 bridgehead atoms. The van der Waals surface area contributed by atoms with Crippen LogP contribution in [0.4, 0.5) is 0 Å². The van der Waals surface area contributed by atoms with Crippen LogP contribution in [0.5, 0.6) is 0 Å². The van der Waals surface area contributed by atoms with Crippen LogP contribution in [0.25, 0.3) is 0 Å². The van der Waals surface area contributed by atoms with Gasteiger partial charge in [-0.25, -0.2) is 13.1 Å². The Bertz CT molecular complexity index is 615. The molecule has 118 valence electrons. The van der Waals surface area contributed by atoms with Gasteiger partial charge < -0.3 is 15.6 Å². The van der Waals surface area contributed by atoms with Gasteiger partial charge in [-0.05, 0) is 31.7 Å². The fourth-order valence-corrected chi connectivity index (χ4v) is 3.93. The maximum Gasteiger partial charge on any atom is 0.267 e. The van der Waals surface area contributed by atoms with Gasteiger partial charge in [-0.2, -0.15) is 0 Å². The second-order valence-corrected chi connectivity index (χ2v) is 7.20. The lowest BCUT2D eigenvalue weighted by atomic mass is 9.93. The van der Waals surface area contributed by atoms with Crippen molar-refractivity contribution in [2.24, 2.45) is 12.8 Å². The van der Waals surface area contributed by atoms with Gasteiger partial charge in [-0.3, -0.25) is 4.79 Å². The Hall–Kier alpha value is -1.38. The molecule has 0 atom stereocenters. The van der Waals surface area contributed by atoms with Gasteiger partial charge in [0, 0.05) is 32.4 Å². The molecule has 4 N–H and O–H groups in total. The number of carbonyl (C=O) groups is 1. The topological polar surface area (TPSA) is 106 Å². The number of nitrogens with zero attached hydrogens (tertiary/aromatic N) is 1. The van der Waals surface area contributed by atoms with Crippen molar-refractivity contribution in [3.05, 3.63) is 18.0 Å². The van der Waals surface area contributed by atoms with E-state index in [0.717, 1.165) is 25.7 Å². The molecule has 0 radical (unpaired) electrons. The van der Waals surface area contributed by atoms with E-state index >= 15 is 0 Å². The normalized spacial score (nSPS) is 23.0. The highest BCUT2D eigenvalue weighted by molar-refractivity contribution is 7.89. The standard InChI is InChI=1S/C13H22N4O3S/c1-15-13(18)12-7-11(8-17(12)2)21(19,20)16-10-5-3-9(14)4-6-10/h7-10,16H,3-6,14H2,1-2H3,(H,15,18). The molecule has 1 aromatic rings. The Morgan fingerprint density at radius 2 is 1.95 bits per heavy atom. The average molecular weight is 314 g/mol. The lowest BCUT2D eigenvalue weighted by molar-refractivity contribution is 0.0955. The van der Waals surface area contributed by atoms with Crippen LogP contribution in [0, 0.1) is 0 Å². The van der Waals surface area contributed by atoms with Crippen molar-refractivity contribution < 1.29 is 13.2 Å². The molecule has 0 saturated heterocycles.